The minimum atomic E-state index is -0.327. The molecule has 0 unspecified atom stereocenters. The summed E-state index contributed by atoms with van der Waals surface area (Å²) in [5.41, 5.74) is 6.26. The fourth-order valence-corrected chi connectivity index (χ4v) is 2.60. The van der Waals surface area contributed by atoms with Crippen molar-refractivity contribution < 1.29 is 18.8 Å². The fraction of sp³-hybridized carbons (Fsp3) is 0.500. The highest BCUT2D eigenvalue weighted by Gasteiger charge is 2.25. The third-order valence-corrected chi connectivity index (χ3v) is 3.77. The van der Waals surface area contributed by atoms with Crippen molar-refractivity contribution >= 4 is 5.91 Å². The molecule has 1 aromatic rings. The monoisotopic (exact) mass is 267 g/mol. The van der Waals surface area contributed by atoms with E-state index in [9.17, 15) is 9.18 Å². The number of piperidine rings is 1. The molecule has 0 radical (unpaired) electrons. The predicted octanol–water partition coefficient (Wildman–Crippen LogP) is 0.115. The molecule has 5 heteroatoms. The van der Waals surface area contributed by atoms with Crippen LogP contribution in [0.25, 0.3) is 0 Å². The molecular weight excluding hydrogens is 247 g/mol. The van der Waals surface area contributed by atoms with E-state index in [1.54, 1.807) is 6.07 Å². The minimum Gasteiger partial charge on any atom is -0.494 e. The number of benzene rings is 1. The van der Waals surface area contributed by atoms with Crippen LogP contribution in [0, 0.1) is 11.7 Å². The Morgan fingerprint density at radius 3 is 2.68 bits per heavy atom. The van der Waals surface area contributed by atoms with Crippen LogP contribution < -0.4 is 15.4 Å². The summed E-state index contributed by atoms with van der Waals surface area (Å²) in [5.74, 6) is -0.247. The van der Waals surface area contributed by atoms with Crippen molar-refractivity contribution in [2.75, 3.05) is 20.2 Å². The molecule has 0 aliphatic carbocycles. The quantitative estimate of drug-likeness (QED) is 0.814. The number of likely N-dealkylation sites (tertiary alicyclic amines) is 1. The minimum absolute atomic E-state index is 0.0105. The summed E-state index contributed by atoms with van der Waals surface area (Å²) in [4.78, 5) is 12.4. The van der Waals surface area contributed by atoms with Crippen molar-refractivity contribution in [3.05, 3.63) is 29.6 Å². The molecule has 1 aromatic carbocycles. The smallest absolute Gasteiger partial charge is 0.220 e. The van der Waals surface area contributed by atoms with E-state index in [1.807, 2.05) is 6.07 Å². The van der Waals surface area contributed by atoms with E-state index in [0.29, 0.717) is 0 Å². The number of quaternary nitrogens is 1. The number of halogens is 1. The van der Waals surface area contributed by atoms with Gasteiger partial charge in [-0.05, 0) is 18.2 Å². The number of methoxy groups -OCH3 is 1. The molecule has 0 aromatic heterocycles. The number of hydrogen-bond donors (Lipinski definition) is 2. The largest absolute Gasteiger partial charge is 0.494 e. The van der Waals surface area contributed by atoms with Gasteiger partial charge in [0.15, 0.2) is 11.6 Å². The first-order valence-corrected chi connectivity index (χ1v) is 6.55. The Hall–Kier alpha value is -1.62. The molecule has 0 bridgehead atoms. The van der Waals surface area contributed by atoms with Gasteiger partial charge in [-0.15, -0.1) is 0 Å². The van der Waals surface area contributed by atoms with Crippen LogP contribution in [0.2, 0.25) is 0 Å². The zero-order valence-electron chi connectivity index (χ0n) is 11.1. The van der Waals surface area contributed by atoms with Gasteiger partial charge in [0, 0.05) is 24.3 Å². The molecule has 0 atom stereocenters. The van der Waals surface area contributed by atoms with Crippen LogP contribution in [0.3, 0.4) is 0 Å². The average molecular weight is 267 g/mol. The Morgan fingerprint density at radius 2 is 2.16 bits per heavy atom. The summed E-state index contributed by atoms with van der Waals surface area (Å²) in [5, 5.41) is 0. The Morgan fingerprint density at radius 1 is 1.47 bits per heavy atom. The lowest BCUT2D eigenvalue weighted by Gasteiger charge is -2.27. The second-order valence-corrected chi connectivity index (χ2v) is 5.07. The molecule has 1 aliphatic heterocycles. The summed E-state index contributed by atoms with van der Waals surface area (Å²) < 4.78 is 18.5. The molecule has 4 nitrogen and oxygen atoms in total. The van der Waals surface area contributed by atoms with E-state index < -0.39 is 0 Å². The van der Waals surface area contributed by atoms with E-state index in [1.165, 1.54) is 18.1 Å². The van der Waals surface area contributed by atoms with Gasteiger partial charge in [0.05, 0.1) is 20.2 Å². The molecule has 0 spiro atoms. The number of rotatable bonds is 4. The third-order valence-electron chi connectivity index (χ3n) is 3.77. The summed E-state index contributed by atoms with van der Waals surface area (Å²) in [6.07, 6.45) is 1.65. The van der Waals surface area contributed by atoms with Crippen LogP contribution in [0.4, 0.5) is 4.39 Å². The highest BCUT2D eigenvalue weighted by atomic mass is 19.1. The number of ether oxygens (including phenoxy) is 1. The highest BCUT2D eigenvalue weighted by molar-refractivity contribution is 5.76. The van der Waals surface area contributed by atoms with E-state index in [0.717, 1.165) is 38.0 Å². The lowest BCUT2D eigenvalue weighted by atomic mass is 9.96. The topological polar surface area (TPSA) is 56.8 Å². The zero-order chi connectivity index (χ0) is 13.8. The van der Waals surface area contributed by atoms with Crippen molar-refractivity contribution in [1.29, 1.82) is 0 Å². The van der Waals surface area contributed by atoms with Crippen LogP contribution in [0.15, 0.2) is 18.2 Å². The maximum absolute atomic E-state index is 13.6. The van der Waals surface area contributed by atoms with Crippen molar-refractivity contribution in [1.82, 2.24) is 0 Å². The molecule has 1 fully saturated rings. The Bertz CT molecular complexity index is 457. The van der Waals surface area contributed by atoms with Crippen LogP contribution in [-0.4, -0.2) is 26.1 Å². The summed E-state index contributed by atoms with van der Waals surface area (Å²) in [6, 6.07) is 5.06. The molecule has 19 heavy (non-hydrogen) atoms. The summed E-state index contributed by atoms with van der Waals surface area (Å²) in [6.45, 7) is 2.58. The Kier molecular flexibility index (Phi) is 4.37. The van der Waals surface area contributed by atoms with Gasteiger partial charge >= 0.3 is 0 Å². The number of primary amides is 1. The van der Waals surface area contributed by atoms with Gasteiger partial charge in [0.25, 0.3) is 0 Å². The maximum Gasteiger partial charge on any atom is 0.220 e. The van der Waals surface area contributed by atoms with E-state index >= 15 is 0 Å². The van der Waals surface area contributed by atoms with Gasteiger partial charge in [0.1, 0.15) is 6.54 Å². The number of amides is 1. The number of hydrogen-bond acceptors (Lipinski definition) is 2. The predicted molar refractivity (Wildman–Crippen MR) is 69.3 cm³/mol. The van der Waals surface area contributed by atoms with E-state index in [4.69, 9.17) is 10.5 Å². The van der Waals surface area contributed by atoms with Crippen molar-refractivity contribution in [2.24, 2.45) is 11.7 Å². The second-order valence-electron chi connectivity index (χ2n) is 5.07. The normalized spacial score (nSPS) is 23.1. The fourth-order valence-electron chi connectivity index (χ4n) is 2.60. The zero-order valence-corrected chi connectivity index (χ0v) is 11.1. The van der Waals surface area contributed by atoms with Gasteiger partial charge < -0.3 is 15.4 Å². The van der Waals surface area contributed by atoms with Gasteiger partial charge in [-0.25, -0.2) is 4.39 Å². The van der Waals surface area contributed by atoms with Crippen molar-refractivity contribution in [3.8, 4) is 5.75 Å². The van der Waals surface area contributed by atoms with E-state index in [2.05, 4.69) is 0 Å². The number of carbonyl (C=O) groups excluding carboxylic acids is 1. The molecule has 2 rings (SSSR count). The molecule has 0 saturated carbocycles. The molecular formula is C14H20FN2O2+. The second kappa shape index (κ2) is 6.02. The van der Waals surface area contributed by atoms with Gasteiger partial charge in [-0.1, -0.05) is 0 Å². The first kappa shape index (κ1) is 13.8. The maximum atomic E-state index is 13.6. The SMILES string of the molecule is COc1ccc(C[NH+]2CCC(C(N)=O)CC2)cc1F. The molecule has 3 N–H and O–H groups in total. The molecule has 1 saturated heterocycles. The van der Waals surface area contributed by atoms with Crippen LogP contribution in [0.5, 0.6) is 5.75 Å². The molecule has 1 heterocycles. The number of carbonyl (C=O) groups is 1. The number of nitrogens with one attached hydrogen (secondary N) is 1. The Balaban J connectivity index is 1.92. The van der Waals surface area contributed by atoms with Crippen LogP contribution >= 0.6 is 0 Å². The third kappa shape index (κ3) is 3.44. The first-order valence-electron chi connectivity index (χ1n) is 6.55. The van der Waals surface area contributed by atoms with Crippen molar-refractivity contribution in [2.45, 2.75) is 19.4 Å². The van der Waals surface area contributed by atoms with Gasteiger partial charge in [0.2, 0.25) is 5.91 Å². The first-order chi connectivity index (χ1) is 9.10. The lowest BCUT2D eigenvalue weighted by Crippen LogP contribution is -3.11. The van der Waals surface area contributed by atoms with Gasteiger partial charge in [-0.3, -0.25) is 4.79 Å². The highest BCUT2D eigenvalue weighted by Crippen LogP contribution is 2.17. The number of nitrogens with two attached hydrogens (primary N) is 1. The molecule has 1 aliphatic rings. The van der Waals surface area contributed by atoms with Crippen molar-refractivity contribution in [3.63, 3.8) is 0 Å². The lowest BCUT2D eigenvalue weighted by molar-refractivity contribution is -0.919. The molecule has 1 amide bonds. The summed E-state index contributed by atoms with van der Waals surface area (Å²) in [7, 11) is 1.46. The molecule has 104 valence electrons. The van der Waals surface area contributed by atoms with E-state index in [-0.39, 0.29) is 23.4 Å². The van der Waals surface area contributed by atoms with Gasteiger partial charge in [-0.2, -0.15) is 0 Å². The Labute approximate surface area is 112 Å². The van der Waals surface area contributed by atoms with Crippen LogP contribution in [0.1, 0.15) is 18.4 Å². The standard InChI is InChI=1S/C14H19FN2O2/c1-19-13-3-2-10(8-12(13)15)9-17-6-4-11(5-7-17)14(16)18/h2-3,8,11H,4-7,9H2,1H3,(H2,16,18)/p+1. The van der Waals surface area contributed by atoms with Crippen LogP contribution in [-0.2, 0) is 11.3 Å². The summed E-state index contributed by atoms with van der Waals surface area (Å²) >= 11 is 0. The average Bonchev–Trinajstić information content (AvgIpc) is 2.39.